The van der Waals surface area contributed by atoms with Crippen molar-refractivity contribution < 1.29 is 0 Å². The highest BCUT2D eigenvalue weighted by Crippen LogP contribution is 2.16. The number of rotatable bonds is 8. The molecule has 0 aliphatic carbocycles. The van der Waals surface area contributed by atoms with Crippen LogP contribution in [0.4, 0.5) is 0 Å². The number of nitrogens with zero attached hydrogens (tertiary/aromatic N) is 3. The summed E-state index contributed by atoms with van der Waals surface area (Å²) >= 11 is 11.7. The Morgan fingerprint density at radius 3 is 2.18 bits per heavy atom. The van der Waals surface area contributed by atoms with E-state index in [2.05, 4.69) is 4.90 Å². The molecule has 0 N–H and O–H groups in total. The minimum atomic E-state index is 0.0490. The maximum atomic E-state index is 12.7. The van der Waals surface area contributed by atoms with Gasteiger partial charge in [0.1, 0.15) is 0 Å². The maximum Gasteiger partial charge on any atom is 0.329 e. The largest absolute Gasteiger partial charge is 0.329 e. The lowest BCUT2D eigenvalue weighted by atomic mass is 10.3. The predicted octanol–water partition coefficient (Wildman–Crippen LogP) is 3.16. The molecule has 0 spiro atoms. The molecule has 0 saturated heterocycles. The number of imidazole rings is 1. The minimum absolute atomic E-state index is 0.0490. The molecule has 22 heavy (non-hydrogen) atoms. The maximum absolute atomic E-state index is 12.7. The third-order valence-corrected chi connectivity index (χ3v) is 4.16. The summed E-state index contributed by atoms with van der Waals surface area (Å²) in [5.41, 5.74) is 2.02. The number of aromatic nitrogens is 2. The topological polar surface area (TPSA) is 30.2 Å². The molecular formula is C16H23Cl2N3O. The van der Waals surface area contributed by atoms with E-state index in [1.54, 1.807) is 0 Å². The van der Waals surface area contributed by atoms with Crippen molar-refractivity contribution in [3.05, 3.63) is 34.7 Å². The first-order valence-electron chi connectivity index (χ1n) is 7.64. The van der Waals surface area contributed by atoms with Crippen molar-refractivity contribution >= 4 is 34.2 Å². The fraction of sp³-hybridized carbons (Fsp3) is 0.562. The van der Waals surface area contributed by atoms with Gasteiger partial charge in [0.05, 0.1) is 11.0 Å². The third-order valence-electron chi connectivity index (χ3n) is 3.83. The van der Waals surface area contributed by atoms with E-state index in [0.29, 0.717) is 18.3 Å². The Labute approximate surface area is 141 Å². The summed E-state index contributed by atoms with van der Waals surface area (Å²) in [5.74, 6) is 1.14. The monoisotopic (exact) mass is 343 g/mol. The molecule has 0 unspecified atom stereocenters. The second kappa shape index (κ2) is 8.04. The zero-order valence-corrected chi connectivity index (χ0v) is 14.6. The van der Waals surface area contributed by atoms with Gasteiger partial charge in [-0.05, 0) is 26.0 Å². The van der Waals surface area contributed by atoms with Gasteiger partial charge in [0.2, 0.25) is 0 Å². The number of hydrogen-bond donors (Lipinski definition) is 0. The normalized spacial score (nSPS) is 11.9. The minimum Gasteiger partial charge on any atom is -0.299 e. The van der Waals surface area contributed by atoms with Crippen LogP contribution in [0.2, 0.25) is 0 Å². The molecule has 6 heteroatoms. The van der Waals surface area contributed by atoms with Crippen LogP contribution < -0.4 is 5.69 Å². The third kappa shape index (κ3) is 3.67. The van der Waals surface area contributed by atoms with Gasteiger partial charge in [0.25, 0.3) is 0 Å². The van der Waals surface area contributed by atoms with E-state index < -0.39 is 0 Å². The van der Waals surface area contributed by atoms with Crippen molar-refractivity contribution in [2.45, 2.75) is 26.4 Å². The van der Waals surface area contributed by atoms with Gasteiger partial charge in [0.15, 0.2) is 0 Å². The fourth-order valence-electron chi connectivity index (χ4n) is 2.76. The summed E-state index contributed by atoms with van der Waals surface area (Å²) in [6.07, 6.45) is 0. The number of para-hydroxylation sites is 2. The highest BCUT2D eigenvalue weighted by molar-refractivity contribution is 6.18. The molecular weight excluding hydrogens is 321 g/mol. The van der Waals surface area contributed by atoms with Crippen LogP contribution in [-0.2, 0) is 6.54 Å². The van der Waals surface area contributed by atoms with E-state index in [1.165, 1.54) is 0 Å². The van der Waals surface area contributed by atoms with E-state index >= 15 is 0 Å². The summed E-state index contributed by atoms with van der Waals surface area (Å²) in [6, 6.07) is 8.09. The SMILES string of the molecule is CC(C)n1c(=O)n(CCN(CCCl)CCCl)c2ccccc21. The van der Waals surface area contributed by atoms with Crippen molar-refractivity contribution in [3.63, 3.8) is 0 Å². The van der Waals surface area contributed by atoms with Crippen LogP contribution in [0.3, 0.4) is 0 Å². The van der Waals surface area contributed by atoms with Gasteiger partial charge < -0.3 is 0 Å². The van der Waals surface area contributed by atoms with Gasteiger partial charge in [-0.3, -0.25) is 14.0 Å². The van der Waals surface area contributed by atoms with Crippen molar-refractivity contribution in [1.29, 1.82) is 0 Å². The molecule has 2 rings (SSSR count). The summed E-state index contributed by atoms with van der Waals surface area (Å²) in [6.45, 7) is 7.05. The summed E-state index contributed by atoms with van der Waals surface area (Å²) in [4.78, 5) is 14.9. The van der Waals surface area contributed by atoms with Gasteiger partial charge in [-0.2, -0.15) is 0 Å². The Bertz CT molecular complexity index is 657. The van der Waals surface area contributed by atoms with Crippen molar-refractivity contribution in [2.24, 2.45) is 0 Å². The molecule has 1 aromatic carbocycles. The number of fused-ring (bicyclic) bond motifs is 1. The molecule has 0 bridgehead atoms. The van der Waals surface area contributed by atoms with Gasteiger partial charge in [-0.25, -0.2) is 4.79 Å². The second-order valence-electron chi connectivity index (χ2n) is 5.61. The van der Waals surface area contributed by atoms with E-state index in [1.807, 2.05) is 47.2 Å². The molecule has 0 aliphatic rings. The number of hydrogen-bond acceptors (Lipinski definition) is 2. The first-order valence-corrected chi connectivity index (χ1v) is 8.71. The average Bonchev–Trinajstić information content (AvgIpc) is 2.77. The van der Waals surface area contributed by atoms with Crippen LogP contribution in [0.1, 0.15) is 19.9 Å². The lowest BCUT2D eigenvalue weighted by Crippen LogP contribution is -2.34. The van der Waals surface area contributed by atoms with Crippen molar-refractivity contribution in [3.8, 4) is 0 Å². The Balaban J connectivity index is 2.31. The zero-order chi connectivity index (χ0) is 16.1. The van der Waals surface area contributed by atoms with Crippen LogP contribution in [-0.4, -0.2) is 45.4 Å². The van der Waals surface area contributed by atoms with Crippen LogP contribution in [0.25, 0.3) is 11.0 Å². The summed E-state index contributed by atoms with van der Waals surface area (Å²) in [5, 5.41) is 0. The number of halogens is 2. The first-order chi connectivity index (χ1) is 10.6. The van der Waals surface area contributed by atoms with Gasteiger partial charge in [-0.1, -0.05) is 12.1 Å². The molecule has 1 heterocycles. The zero-order valence-electron chi connectivity index (χ0n) is 13.1. The van der Waals surface area contributed by atoms with Gasteiger partial charge in [0, 0.05) is 44.0 Å². The average molecular weight is 344 g/mol. The van der Waals surface area contributed by atoms with E-state index in [-0.39, 0.29) is 11.7 Å². The molecule has 0 aliphatic heterocycles. The number of benzene rings is 1. The molecule has 0 saturated carbocycles. The van der Waals surface area contributed by atoms with Gasteiger partial charge >= 0.3 is 5.69 Å². The summed E-state index contributed by atoms with van der Waals surface area (Å²) in [7, 11) is 0. The Kier molecular flexibility index (Phi) is 6.36. The quantitative estimate of drug-likeness (QED) is 0.689. The lowest BCUT2D eigenvalue weighted by Gasteiger charge is -2.20. The van der Waals surface area contributed by atoms with Crippen molar-refractivity contribution in [1.82, 2.24) is 14.0 Å². The lowest BCUT2D eigenvalue weighted by molar-refractivity contribution is 0.293. The number of alkyl halides is 2. The van der Waals surface area contributed by atoms with E-state index in [0.717, 1.165) is 30.7 Å². The van der Waals surface area contributed by atoms with Crippen LogP contribution >= 0.6 is 23.2 Å². The molecule has 0 fully saturated rings. The highest BCUT2D eigenvalue weighted by Gasteiger charge is 2.15. The predicted molar refractivity (Wildman–Crippen MR) is 94.5 cm³/mol. The molecule has 2 aromatic rings. The standard InChI is InChI=1S/C16H23Cl2N3O/c1-13(2)21-15-6-4-3-5-14(15)20(16(21)22)12-11-19(9-7-17)10-8-18/h3-6,13H,7-12H2,1-2H3. The van der Waals surface area contributed by atoms with Crippen LogP contribution in [0.15, 0.2) is 29.1 Å². The molecule has 0 atom stereocenters. The Hall–Kier alpha value is -0.970. The Morgan fingerprint density at radius 1 is 1.05 bits per heavy atom. The highest BCUT2D eigenvalue weighted by atomic mass is 35.5. The summed E-state index contributed by atoms with van der Waals surface area (Å²) < 4.78 is 3.70. The fourth-order valence-corrected chi connectivity index (χ4v) is 3.24. The smallest absolute Gasteiger partial charge is 0.299 e. The molecule has 122 valence electrons. The van der Waals surface area contributed by atoms with E-state index in [9.17, 15) is 4.79 Å². The molecule has 1 aromatic heterocycles. The van der Waals surface area contributed by atoms with E-state index in [4.69, 9.17) is 23.2 Å². The second-order valence-corrected chi connectivity index (χ2v) is 6.36. The molecule has 0 radical (unpaired) electrons. The van der Waals surface area contributed by atoms with Crippen molar-refractivity contribution in [2.75, 3.05) is 31.4 Å². The van der Waals surface area contributed by atoms with Crippen LogP contribution in [0, 0.1) is 0 Å². The Morgan fingerprint density at radius 2 is 1.64 bits per heavy atom. The first kappa shape index (κ1) is 17.4. The van der Waals surface area contributed by atoms with Gasteiger partial charge in [-0.15, -0.1) is 23.2 Å². The van der Waals surface area contributed by atoms with Crippen LogP contribution in [0.5, 0.6) is 0 Å². The molecule has 4 nitrogen and oxygen atoms in total. The molecule has 0 amide bonds.